The van der Waals surface area contributed by atoms with Crippen LogP contribution in [0.2, 0.25) is 0 Å². The van der Waals surface area contributed by atoms with E-state index in [1.54, 1.807) is 22.1 Å². The largest absolute Gasteiger partial charge is 0.399 e. The number of fused-ring (bicyclic) bond motifs is 2. The Labute approximate surface area is 263 Å². The molecular weight excluding hydrogens is 621 g/mol. The van der Waals surface area contributed by atoms with Gasteiger partial charge in [-0.1, -0.05) is 31.0 Å². The van der Waals surface area contributed by atoms with Gasteiger partial charge in [0.15, 0.2) is 0 Å². The zero-order valence-corrected chi connectivity index (χ0v) is 25.8. The minimum absolute atomic E-state index is 0.0274. The Balaban J connectivity index is 1.19. The number of carbonyl (C=O) groups is 3. The lowest BCUT2D eigenvalue weighted by Crippen LogP contribution is -2.56. The van der Waals surface area contributed by atoms with Gasteiger partial charge >= 0.3 is 13.3 Å². The fourth-order valence-electron chi connectivity index (χ4n) is 7.05. The van der Waals surface area contributed by atoms with Crippen LogP contribution in [0.4, 0.5) is 8.78 Å². The first-order valence-corrected chi connectivity index (χ1v) is 17.0. The number of nitrogens with one attached hydrogen (secondary N) is 2. The molecule has 1 aromatic heterocycles. The number of H-pyrrole nitrogens is 1. The second-order valence-corrected chi connectivity index (χ2v) is 14.1. The van der Waals surface area contributed by atoms with Crippen LogP contribution in [0.15, 0.2) is 59.5 Å². The number of hydrogen-bond acceptors (Lipinski definition) is 5. The van der Waals surface area contributed by atoms with Crippen molar-refractivity contribution in [2.24, 2.45) is 0 Å². The van der Waals surface area contributed by atoms with Gasteiger partial charge in [0, 0.05) is 48.4 Å². The lowest BCUT2D eigenvalue weighted by atomic mass is 9.98. The third kappa shape index (κ3) is 6.11. The Hall–Kier alpha value is -3.93. The average Bonchev–Trinajstić information content (AvgIpc) is 3.68. The molecule has 3 saturated heterocycles. The monoisotopic (exact) mass is 656 g/mol. The van der Waals surface area contributed by atoms with Gasteiger partial charge in [0.05, 0.1) is 0 Å². The first-order valence-electron chi connectivity index (χ1n) is 15.4. The van der Waals surface area contributed by atoms with Crippen LogP contribution in [0.3, 0.4) is 0 Å². The van der Waals surface area contributed by atoms with Crippen molar-refractivity contribution in [3.05, 3.63) is 81.8 Å². The number of aromatic amines is 1. The first-order chi connectivity index (χ1) is 21.8. The average molecular weight is 657 g/mol. The SMILES string of the molecule is O=C(N[C@H]1CCCC[C@H]2CC[C@@H](C(=O)N3CCC(c4cc[nH]c(=O)c4)C3)N2C1=O)c1ccc2ccc(C(F)(F)P(=O)(O)O)cc2c1. The zero-order valence-electron chi connectivity index (χ0n) is 24.9. The summed E-state index contributed by atoms with van der Waals surface area (Å²) in [5, 5.41) is 3.46. The van der Waals surface area contributed by atoms with E-state index >= 15 is 0 Å². The smallest absolute Gasteiger partial charge is 0.340 e. The van der Waals surface area contributed by atoms with Gasteiger partial charge < -0.3 is 29.9 Å². The molecule has 4 heterocycles. The fraction of sp³-hybridized carbons (Fsp3) is 0.438. The van der Waals surface area contributed by atoms with E-state index < -0.39 is 36.8 Å². The molecule has 4 N–H and O–H groups in total. The Bertz CT molecular complexity index is 1790. The molecule has 14 heteroatoms. The van der Waals surface area contributed by atoms with Crippen molar-refractivity contribution in [3.63, 3.8) is 0 Å². The van der Waals surface area contributed by atoms with Crippen LogP contribution < -0.4 is 10.9 Å². The van der Waals surface area contributed by atoms with Crippen molar-refractivity contribution in [2.75, 3.05) is 13.1 Å². The lowest BCUT2D eigenvalue weighted by Gasteiger charge is -2.36. The summed E-state index contributed by atoms with van der Waals surface area (Å²) < 4.78 is 40.1. The summed E-state index contributed by atoms with van der Waals surface area (Å²) >= 11 is 0. The number of likely N-dealkylation sites (tertiary alicyclic amines) is 1. The van der Waals surface area contributed by atoms with Gasteiger partial charge in [-0.05, 0) is 72.7 Å². The minimum atomic E-state index is -5.78. The highest BCUT2D eigenvalue weighted by atomic mass is 31.2. The van der Waals surface area contributed by atoms with E-state index in [2.05, 4.69) is 10.3 Å². The second-order valence-electron chi connectivity index (χ2n) is 12.4. The number of hydrogen-bond donors (Lipinski definition) is 4. The number of benzene rings is 2. The Kier molecular flexibility index (Phi) is 8.60. The Morgan fingerprint density at radius 1 is 0.935 bits per heavy atom. The maximum atomic E-state index is 14.4. The van der Waals surface area contributed by atoms with Gasteiger partial charge in [0.25, 0.3) is 5.91 Å². The van der Waals surface area contributed by atoms with Crippen molar-refractivity contribution >= 4 is 36.1 Å². The summed E-state index contributed by atoms with van der Waals surface area (Å²) in [5.41, 5.74) is -4.52. The predicted molar refractivity (Wildman–Crippen MR) is 164 cm³/mol. The summed E-state index contributed by atoms with van der Waals surface area (Å²) in [6, 6.07) is 9.24. The Morgan fingerprint density at radius 3 is 2.46 bits per heavy atom. The van der Waals surface area contributed by atoms with Crippen molar-refractivity contribution < 1.29 is 37.5 Å². The molecule has 46 heavy (non-hydrogen) atoms. The lowest BCUT2D eigenvalue weighted by molar-refractivity contribution is -0.146. The van der Waals surface area contributed by atoms with Crippen molar-refractivity contribution in [1.29, 1.82) is 0 Å². The summed E-state index contributed by atoms with van der Waals surface area (Å²) in [5.74, 6) is -1.04. The van der Waals surface area contributed by atoms with E-state index in [1.165, 1.54) is 24.3 Å². The number of nitrogens with zero attached hydrogens (tertiary/aromatic N) is 2. The van der Waals surface area contributed by atoms with E-state index in [0.29, 0.717) is 50.6 Å². The highest BCUT2D eigenvalue weighted by molar-refractivity contribution is 7.52. The van der Waals surface area contributed by atoms with Gasteiger partial charge in [-0.15, -0.1) is 0 Å². The molecule has 3 aromatic rings. The minimum Gasteiger partial charge on any atom is -0.340 e. The van der Waals surface area contributed by atoms with Crippen molar-refractivity contribution in [1.82, 2.24) is 20.1 Å². The standard InChI is InChI=1S/C32H35F2N4O7P/c33-32(34,46(43,44)45)24-8-7-19-5-6-21(15-23(19)16-24)29(40)36-26-4-2-1-3-25-9-10-27(38(25)30(26)41)31(42)37-14-12-22(18-37)20-11-13-35-28(39)17-20/h5-8,11,13,15-17,22,25-27H,1-4,9-10,12,14,18H2,(H,35,39)(H,36,40)(H2,43,44,45)/t22?,25-,26-,27-/m0/s1. The number of pyridine rings is 1. The van der Waals surface area contributed by atoms with Gasteiger partial charge in [-0.2, -0.15) is 8.78 Å². The third-order valence-electron chi connectivity index (χ3n) is 9.51. The van der Waals surface area contributed by atoms with Gasteiger partial charge in [-0.25, -0.2) is 0 Å². The van der Waals surface area contributed by atoms with E-state index in [1.807, 2.05) is 6.07 Å². The predicted octanol–water partition coefficient (Wildman–Crippen LogP) is 3.80. The van der Waals surface area contributed by atoms with Crippen LogP contribution in [0, 0.1) is 0 Å². The van der Waals surface area contributed by atoms with Crippen LogP contribution in [0.25, 0.3) is 10.8 Å². The molecule has 0 saturated carbocycles. The van der Waals surface area contributed by atoms with Crippen molar-refractivity contribution in [2.45, 2.75) is 74.7 Å². The number of rotatable bonds is 6. The number of alkyl halides is 2. The number of halogens is 2. The molecule has 2 aromatic carbocycles. The molecule has 0 aliphatic carbocycles. The number of aromatic nitrogens is 1. The maximum absolute atomic E-state index is 14.4. The molecule has 4 atom stereocenters. The quantitative estimate of drug-likeness (QED) is 0.294. The molecule has 3 aliphatic rings. The van der Waals surface area contributed by atoms with Crippen LogP contribution in [0.1, 0.15) is 72.3 Å². The van der Waals surface area contributed by atoms with Crippen LogP contribution in [-0.2, 0) is 19.8 Å². The van der Waals surface area contributed by atoms with Crippen LogP contribution >= 0.6 is 7.60 Å². The first kappa shape index (κ1) is 32.0. The molecule has 0 radical (unpaired) electrons. The van der Waals surface area contributed by atoms with E-state index in [4.69, 9.17) is 9.79 Å². The van der Waals surface area contributed by atoms with E-state index in [-0.39, 0.29) is 40.3 Å². The highest BCUT2D eigenvalue weighted by Gasteiger charge is 2.50. The van der Waals surface area contributed by atoms with E-state index in [0.717, 1.165) is 30.5 Å². The molecule has 11 nitrogen and oxygen atoms in total. The van der Waals surface area contributed by atoms with Crippen LogP contribution in [0.5, 0.6) is 0 Å². The zero-order chi connectivity index (χ0) is 32.8. The van der Waals surface area contributed by atoms with Crippen molar-refractivity contribution in [3.8, 4) is 0 Å². The molecular formula is C32H35F2N4O7P. The topological polar surface area (TPSA) is 160 Å². The van der Waals surface area contributed by atoms with Gasteiger partial charge in [-0.3, -0.25) is 23.7 Å². The molecule has 0 bridgehead atoms. The molecule has 3 fully saturated rings. The third-order valence-corrected chi connectivity index (χ3v) is 10.5. The number of carbonyl (C=O) groups excluding carboxylic acids is 3. The summed E-state index contributed by atoms with van der Waals surface area (Å²) in [6.07, 6.45) is 6.16. The molecule has 3 aliphatic heterocycles. The second kappa shape index (κ2) is 12.4. The highest BCUT2D eigenvalue weighted by Crippen LogP contribution is 2.59. The summed E-state index contributed by atoms with van der Waals surface area (Å²) in [6.45, 7) is 0.971. The number of amides is 3. The molecule has 0 spiro atoms. The molecule has 3 amide bonds. The van der Waals surface area contributed by atoms with Gasteiger partial charge in [0.1, 0.15) is 12.1 Å². The van der Waals surface area contributed by atoms with Gasteiger partial charge in [0.2, 0.25) is 17.4 Å². The summed E-state index contributed by atoms with van der Waals surface area (Å²) in [4.78, 5) is 77.3. The molecule has 1 unspecified atom stereocenters. The molecule has 6 rings (SSSR count). The maximum Gasteiger partial charge on any atom is 0.399 e. The Morgan fingerprint density at radius 2 is 1.70 bits per heavy atom. The van der Waals surface area contributed by atoms with Crippen LogP contribution in [-0.4, -0.2) is 73.5 Å². The summed E-state index contributed by atoms with van der Waals surface area (Å²) in [7, 11) is -5.78. The van der Waals surface area contributed by atoms with E-state index in [9.17, 15) is 32.5 Å². The normalized spacial score (nSPS) is 24.0. The molecule has 244 valence electrons. The fourth-order valence-corrected chi connectivity index (χ4v) is 7.53.